The summed E-state index contributed by atoms with van der Waals surface area (Å²) in [6.07, 6.45) is 0. The highest BCUT2D eigenvalue weighted by Crippen LogP contribution is 2.38. The summed E-state index contributed by atoms with van der Waals surface area (Å²) < 4.78 is 0. The molecule has 0 unspecified atom stereocenters. The molecule has 0 amide bonds. The summed E-state index contributed by atoms with van der Waals surface area (Å²) in [4.78, 5) is 0. The Labute approximate surface area is 87.2 Å². The van der Waals surface area contributed by atoms with Crippen molar-refractivity contribution in [2.75, 3.05) is 0 Å². The van der Waals surface area contributed by atoms with Crippen molar-refractivity contribution in [3.63, 3.8) is 0 Å². The van der Waals surface area contributed by atoms with Crippen LogP contribution < -0.4 is 0 Å². The standard InChI is InChI=1S/C10H21BrSi/c1-9(2,3)8(7-12-11)10(4,5)6/h7H,12H2,1-6H3. The first-order chi connectivity index (χ1) is 5.19. The van der Waals surface area contributed by atoms with Gasteiger partial charge in [-0.05, 0) is 10.8 Å². The zero-order valence-corrected chi connectivity index (χ0v) is 12.2. The van der Waals surface area contributed by atoms with E-state index >= 15 is 0 Å². The van der Waals surface area contributed by atoms with Gasteiger partial charge in [0.25, 0.3) is 0 Å². The molecule has 0 bridgehead atoms. The van der Waals surface area contributed by atoms with Crippen molar-refractivity contribution >= 4 is 23.4 Å². The molecule has 0 fully saturated rings. The third-order valence-corrected chi connectivity index (χ3v) is 3.43. The second-order valence-corrected chi connectivity index (χ2v) is 7.93. The molecule has 0 aliphatic carbocycles. The molecule has 0 aliphatic rings. The molecule has 2 heteroatoms. The lowest BCUT2D eigenvalue weighted by Crippen LogP contribution is -2.22. The molecule has 0 aliphatic heterocycles. The molecule has 0 saturated carbocycles. The predicted octanol–water partition coefficient (Wildman–Crippen LogP) is 3.44. The number of allylic oxidation sites excluding steroid dienone is 1. The van der Waals surface area contributed by atoms with Crippen LogP contribution in [-0.2, 0) is 0 Å². The largest absolute Gasteiger partial charge is 0.130 e. The van der Waals surface area contributed by atoms with E-state index < -0.39 is 0 Å². The summed E-state index contributed by atoms with van der Waals surface area (Å²) in [5.41, 5.74) is 4.65. The van der Waals surface area contributed by atoms with Crippen LogP contribution in [0, 0.1) is 10.8 Å². The Kier molecular flexibility index (Phi) is 4.25. The van der Waals surface area contributed by atoms with Crippen LogP contribution in [0.15, 0.2) is 11.3 Å². The van der Waals surface area contributed by atoms with Crippen molar-refractivity contribution in [1.29, 1.82) is 0 Å². The molecular weight excluding hydrogens is 228 g/mol. The zero-order chi connectivity index (χ0) is 9.99. The molecule has 0 N–H and O–H groups in total. The number of rotatable bonds is 1. The average molecular weight is 249 g/mol. The minimum atomic E-state index is -0.143. The van der Waals surface area contributed by atoms with Gasteiger partial charge in [-0.15, -0.1) is 15.3 Å². The van der Waals surface area contributed by atoms with Gasteiger partial charge in [0, 0.05) is 0 Å². The highest BCUT2D eigenvalue weighted by molar-refractivity contribution is 9.23. The first-order valence-electron chi connectivity index (χ1n) is 4.46. The summed E-state index contributed by atoms with van der Waals surface area (Å²) in [7, 11) is -0.143. The molecule has 12 heavy (non-hydrogen) atoms. The van der Waals surface area contributed by atoms with Gasteiger partial charge in [-0.25, -0.2) is 0 Å². The lowest BCUT2D eigenvalue weighted by molar-refractivity contribution is 0.363. The van der Waals surface area contributed by atoms with Crippen molar-refractivity contribution in [3.8, 4) is 0 Å². The van der Waals surface area contributed by atoms with E-state index in [1.54, 1.807) is 5.57 Å². The molecule has 0 radical (unpaired) electrons. The lowest BCUT2D eigenvalue weighted by Gasteiger charge is -2.34. The van der Waals surface area contributed by atoms with E-state index in [0.29, 0.717) is 10.8 Å². The van der Waals surface area contributed by atoms with Gasteiger partial charge in [0.05, 0.1) is 0 Å². The molecule has 0 atom stereocenters. The van der Waals surface area contributed by atoms with Crippen molar-refractivity contribution in [2.24, 2.45) is 10.8 Å². The smallest absolute Gasteiger partial charge is 0.122 e. The fourth-order valence-electron chi connectivity index (χ4n) is 1.81. The van der Waals surface area contributed by atoms with E-state index in [2.05, 4.69) is 62.5 Å². The molecule has 0 aromatic heterocycles. The van der Waals surface area contributed by atoms with Crippen LogP contribution in [0.4, 0.5) is 0 Å². The average Bonchev–Trinajstić information content (AvgIpc) is 1.77. The fourth-order valence-corrected chi connectivity index (χ4v) is 4.16. The molecule has 0 aromatic carbocycles. The topological polar surface area (TPSA) is 0 Å². The van der Waals surface area contributed by atoms with Gasteiger partial charge in [-0.3, -0.25) is 0 Å². The monoisotopic (exact) mass is 248 g/mol. The van der Waals surface area contributed by atoms with E-state index in [1.807, 2.05) is 0 Å². The Morgan fingerprint density at radius 2 is 1.33 bits per heavy atom. The first kappa shape index (κ1) is 12.4. The molecule has 0 saturated heterocycles. The van der Waals surface area contributed by atoms with Crippen LogP contribution in [0.5, 0.6) is 0 Å². The Morgan fingerprint density at radius 3 is 1.42 bits per heavy atom. The Hall–Kier alpha value is 0.437. The maximum atomic E-state index is 3.60. The molecule has 0 spiro atoms. The summed E-state index contributed by atoms with van der Waals surface area (Å²) in [5, 5.41) is 0. The molecule has 72 valence electrons. The summed E-state index contributed by atoms with van der Waals surface area (Å²) in [6.45, 7) is 13.8. The van der Waals surface area contributed by atoms with Gasteiger partial charge in [0.2, 0.25) is 0 Å². The zero-order valence-electron chi connectivity index (χ0n) is 9.16. The fraction of sp³-hybridized carbons (Fsp3) is 0.800. The van der Waals surface area contributed by atoms with Crippen molar-refractivity contribution in [3.05, 3.63) is 11.3 Å². The third-order valence-electron chi connectivity index (χ3n) is 1.90. The van der Waals surface area contributed by atoms with Gasteiger partial charge in [0.1, 0.15) is 8.14 Å². The van der Waals surface area contributed by atoms with Crippen LogP contribution in [0.3, 0.4) is 0 Å². The molecule has 0 heterocycles. The number of hydrogen-bond acceptors (Lipinski definition) is 0. The second-order valence-electron chi connectivity index (χ2n) is 5.27. The minimum Gasteiger partial charge on any atom is -0.130 e. The van der Waals surface area contributed by atoms with E-state index in [0.717, 1.165) is 0 Å². The van der Waals surface area contributed by atoms with Crippen LogP contribution in [0.1, 0.15) is 41.5 Å². The Bertz CT molecular complexity index is 153. The highest BCUT2D eigenvalue weighted by atomic mass is 79.9. The second kappa shape index (κ2) is 4.10. The summed E-state index contributed by atoms with van der Waals surface area (Å²) >= 11 is 3.60. The van der Waals surface area contributed by atoms with E-state index in [1.165, 1.54) is 0 Å². The normalized spacial score (nSPS) is 13.9. The van der Waals surface area contributed by atoms with Crippen LogP contribution >= 0.6 is 15.3 Å². The van der Waals surface area contributed by atoms with E-state index in [4.69, 9.17) is 0 Å². The summed E-state index contributed by atoms with van der Waals surface area (Å²) in [6, 6.07) is 0. The maximum absolute atomic E-state index is 3.60. The van der Waals surface area contributed by atoms with E-state index in [9.17, 15) is 0 Å². The van der Waals surface area contributed by atoms with Gasteiger partial charge in [0.15, 0.2) is 0 Å². The van der Waals surface area contributed by atoms with E-state index in [-0.39, 0.29) is 8.14 Å². The van der Waals surface area contributed by atoms with Crippen molar-refractivity contribution in [1.82, 2.24) is 0 Å². The van der Waals surface area contributed by atoms with Crippen molar-refractivity contribution in [2.45, 2.75) is 41.5 Å². The maximum Gasteiger partial charge on any atom is 0.122 e. The quantitative estimate of drug-likeness (QED) is 0.493. The highest BCUT2D eigenvalue weighted by Gasteiger charge is 2.26. The number of halogens is 1. The molecule has 0 aromatic rings. The lowest BCUT2D eigenvalue weighted by atomic mass is 9.73. The molecule has 0 rings (SSSR count). The molecular formula is C10H21BrSi. The summed E-state index contributed by atoms with van der Waals surface area (Å²) in [5.74, 6) is 0. The predicted molar refractivity (Wildman–Crippen MR) is 64.5 cm³/mol. The minimum absolute atomic E-state index is 0.143. The van der Waals surface area contributed by atoms with Gasteiger partial charge >= 0.3 is 0 Å². The van der Waals surface area contributed by atoms with Gasteiger partial charge in [-0.2, -0.15) is 0 Å². The van der Waals surface area contributed by atoms with Crippen LogP contribution in [0.25, 0.3) is 0 Å². The van der Waals surface area contributed by atoms with Gasteiger partial charge in [-0.1, -0.05) is 52.8 Å². The first-order valence-corrected chi connectivity index (χ1v) is 9.18. The van der Waals surface area contributed by atoms with Crippen molar-refractivity contribution < 1.29 is 0 Å². The molecule has 0 nitrogen and oxygen atoms in total. The Balaban J connectivity index is 4.83. The third kappa shape index (κ3) is 3.90. The van der Waals surface area contributed by atoms with Crippen LogP contribution in [0.2, 0.25) is 0 Å². The SMILES string of the molecule is CC(C)(C)C(=C[SiH2]Br)C(C)(C)C. The number of hydrogen-bond donors (Lipinski definition) is 0. The van der Waals surface area contributed by atoms with Gasteiger partial charge < -0.3 is 0 Å². The van der Waals surface area contributed by atoms with Crippen LogP contribution in [-0.4, -0.2) is 8.14 Å². The Morgan fingerprint density at radius 1 is 1.00 bits per heavy atom.